The number of fused-ring (bicyclic) bond motifs is 3. The number of carbonyl (C=O) groups is 1. The molecule has 0 bridgehead atoms. The molecular formula is C11H7NO. The van der Waals surface area contributed by atoms with Crippen LogP contribution >= 0.6 is 0 Å². The summed E-state index contributed by atoms with van der Waals surface area (Å²) in [5, 5.41) is 0. The lowest BCUT2D eigenvalue weighted by molar-refractivity contribution is 0.104. The highest BCUT2D eigenvalue weighted by Crippen LogP contribution is 2.35. The minimum atomic E-state index is 0.131. The lowest BCUT2D eigenvalue weighted by Gasteiger charge is -1.94. The molecule has 2 aromatic rings. The Balaban J connectivity index is 2.43. The fourth-order valence-corrected chi connectivity index (χ4v) is 1.84. The molecule has 0 saturated heterocycles. The standard InChI is InChI=1S/C11H7NO/c13-11-8-4-2-1-3-7(8)9-5-12-6-10(9)11/h1-6,12H. The third-order valence-corrected chi connectivity index (χ3v) is 2.45. The van der Waals surface area contributed by atoms with Crippen molar-refractivity contribution in [1.29, 1.82) is 0 Å². The van der Waals surface area contributed by atoms with Crippen molar-refractivity contribution in [2.24, 2.45) is 0 Å². The summed E-state index contributed by atoms with van der Waals surface area (Å²) in [6.45, 7) is 0. The Morgan fingerprint density at radius 1 is 0.846 bits per heavy atom. The summed E-state index contributed by atoms with van der Waals surface area (Å²) in [6, 6.07) is 7.70. The second-order valence-electron chi connectivity index (χ2n) is 3.16. The van der Waals surface area contributed by atoms with E-state index in [1.165, 1.54) is 0 Å². The Hall–Kier alpha value is -1.83. The molecule has 1 N–H and O–H groups in total. The topological polar surface area (TPSA) is 32.9 Å². The van der Waals surface area contributed by atoms with Crippen LogP contribution in [0.1, 0.15) is 15.9 Å². The molecule has 2 nitrogen and oxygen atoms in total. The molecule has 1 aromatic carbocycles. The molecule has 1 aliphatic rings. The number of hydrogen-bond acceptors (Lipinski definition) is 1. The van der Waals surface area contributed by atoms with Crippen LogP contribution < -0.4 is 0 Å². The van der Waals surface area contributed by atoms with Crippen molar-refractivity contribution in [2.75, 3.05) is 0 Å². The number of aromatic nitrogens is 1. The van der Waals surface area contributed by atoms with Gasteiger partial charge in [-0.05, 0) is 5.56 Å². The summed E-state index contributed by atoms with van der Waals surface area (Å²) in [5.41, 5.74) is 3.69. The van der Waals surface area contributed by atoms with E-state index in [-0.39, 0.29) is 5.78 Å². The molecule has 3 rings (SSSR count). The van der Waals surface area contributed by atoms with Crippen LogP contribution in [-0.4, -0.2) is 10.8 Å². The quantitative estimate of drug-likeness (QED) is 0.550. The van der Waals surface area contributed by atoms with Gasteiger partial charge in [-0.1, -0.05) is 24.3 Å². The van der Waals surface area contributed by atoms with Crippen LogP contribution in [0.5, 0.6) is 0 Å². The van der Waals surface area contributed by atoms with Crippen molar-refractivity contribution < 1.29 is 4.79 Å². The number of rotatable bonds is 0. The zero-order valence-corrected chi connectivity index (χ0v) is 6.87. The highest BCUT2D eigenvalue weighted by molar-refractivity contribution is 6.21. The number of nitrogens with one attached hydrogen (secondary N) is 1. The molecule has 0 radical (unpaired) electrons. The molecule has 1 heterocycles. The lowest BCUT2D eigenvalue weighted by atomic mass is 10.1. The van der Waals surface area contributed by atoms with Crippen LogP contribution in [-0.2, 0) is 0 Å². The van der Waals surface area contributed by atoms with Gasteiger partial charge in [0, 0.05) is 29.1 Å². The minimum absolute atomic E-state index is 0.131. The fraction of sp³-hybridized carbons (Fsp3) is 0. The average molecular weight is 169 g/mol. The Labute approximate surface area is 75.2 Å². The molecule has 0 saturated carbocycles. The number of benzene rings is 1. The third kappa shape index (κ3) is 0.699. The molecule has 62 valence electrons. The fourth-order valence-electron chi connectivity index (χ4n) is 1.84. The van der Waals surface area contributed by atoms with Crippen LogP contribution in [0.15, 0.2) is 36.7 Å². The first-order chi connectivity index (χ1) is 6.38. The molecular weight excluding hydrogens is 162 g/mol. The molecule has 2 heteroatoms. The van der Waals surface area contributed by atoms with Gasteiger partial charge in [-0.25, -0.2) is 0 Å². The summed E-state index contributed by atoms with van der Waals surface area (Å²) < 4.78 is 0. The van der Waals surface area contributed by atoms with Crippen molar-refractivity contribution in [3.05, 3.63) is 47.8 Å². The maximum absolute atomic E-state index is 11.7. The van der Waals surface area contributed by atoms with Gasteiger partial charge in [0.05, 0.1) is 0 Å². The summed E-state index contributed by atoms with van der Waals surface area (Å²) in [6.07, 6.45) is 3.64. The van der Waals surface area contributed by atoms with E-state index in [0.29, 0.717) is 0 Å². The first-order valence-electron chi connectivity index (χ1n) is 4.19. The van der Waals surface area contributed by atoms with E-state index < -0.39 is 0 Å². The van der Waals surface area contributed by atoms with Crippen LogP contribution in [0.2, 0.25) is 0 Å². The summed E-state index contributed by atoms with van der Waals surface area (Å²) in [4.78, 5) is 14.7. The van der Waals surface area contributed by atoms with Gasteiger partial charge in [-0.2, -0.15) is 0 Å². The van der Waals surface area contributed by atoms with E-state index in [9.17, 15) is 4.79 Å². The molecule has 1 aliphatic carbocycles. The van der Waals surface area contributed by atoms with Crippen molar-refractivity contribution in [1.82, 2.24) is 4.98 Å². The highest BCUT2D eigenvalue weighted by atomic mass is 16.1. The van der Waals surface area contributed by atoms with Crippen LogP contribution in [0.3, 0.4) is 0 Å². The van der Waals surface area contributed by atoms with Gasteiger partial charge in [0.2, 0.25) is 0 Å². The molecule has 0 fully saturated rings. The lowest BCUT2D eigenvalue weighted by Crippen LogP contribution is -1.93. The number of carbonyl (C=O) groups excluding carboxylic acids is 1. The van der Waals surface area contributed by atoms with Crippen molar-refractivity contribution in [3.63, 3.8) is 0 Å². The number of ketones is 1. The molecule has 0 spiro atoms. The largest absolute Gasteiger partial charge is 0.366 e. The maximum Gasteiger partial charge on any atom is 0.195 e. The second kappa shape index (κ2) is 2.10. The normalized spacial score (nSPS) is 12.8. The zero-order valence-electron chi connectivity index (χ0n) is 6.87. The van der Waals surface area contributed by atoms with Crippen LogP contribution in [0.4, 0.5) is 0 Å². The predicted molar refractivity (Wildman–Crippen MR) is 49.7 cm³/mol. The SMILES string of the molecule is O=C1c2ccccc2-c2c[nH]cc21. The molecule has 13 heavy (non-hydrogen) atoms. The van der Waals surface area contributed by atoms with E-state index in [0.717, 1.165) is 22.3 Å². The summed E-state index contributed by atoms with van der Waals surface area (Å²) in [7, 11) is 0. The van der Waals surface area contributed by atoms with E-state index in [1.54, 1.807) is 6.20 Å². The zero-order chi connectivity index (χ0) is 8.84. The van der Waals surface area contributed by atoms with E-state index in [1.807, 2.05) is 30.5 Å². The minimum Gasteiger partial charge on any atom is -0.366 e. The predicted octanol–water partition coefficient (Wildman–Crippen LogP) is 2.23. The Bertz CT molecular complexity index is 496. The monoisotopic (exact) mass is 169 g/mol. The average Bonchev–Trinajstić information content (AvgIpc) is 2.72. The van der Waals surface area contributed by atoms with Gasteiger partial charge < -0.3 is 4.98 Å². The van der Waals surface area contributed by atoms with E-state index in [4.69, 9.17) is 0 Å². The Morgan fingerprint density at radius 3 is 2.38 bits per heavy atom. The van der Waals surface area contributed by atoms with E-state index in [2.05, 4.69) is 4.98 Å². The van der Waals surface area contributed by atoms with E-state index >= 15 is 0 Å². The summed E-state index contributed by atoms with van der Waals surface area (Å²) in [5.74, 6) is 0.131. The third-order valence-electron chi connectivity index (χ3n) is 2.45. The van der Waals surface area contributed by atoms with Gasteiger partial charge in [-0.3, -0.25) is 4.79 Å². The number of H-pyrrole nitrogens is 1. The first-order valence-corrected chi connectivity index (χ1v) is 4.19. The smallest absolute Gasteiger partial charge is 0.195 e. The van der Waals surface area contributed by atoms with Crippen LogP contribution in [0.25, 0.3) is 11.1 Å². The maximum atomic E-state index is 11.7. The molecule has 0 atom stereocenters. The second-order valence-corrected chi connectivity index (χ2v) is 3.16. The molecule has 0 unspecified atom stereocenters. The number of aromatic amines is 1. The highest BCUT2D eigenvalue weighted by Gasteiger charge is 2.26. The van der Waals surface area contributed by atoms with Gasteiger partial charge in [0.25, 0.3) is 0 Å². The van der Waals surface area contributed by atoms with Crippen molar-refractivity contribution in [3.8, 4) is 11.1 Å². The van der Waals surface area contributed by atoms with Crippen LogP contribution in [0, 0.1) is 0 Å². The molecule has 0 amide bonds. The van der Waals surface area contributed by atoms with Crippen molar-refractivity contribution in [2.45, 2.75) is 0 Å². The van der Waals surface area contributed by atoms with Gasteiger partial charge in [0.1, 0.15) is 0 Å². The van der Waals surface area contributed by atoms with Gasteiger partial charge >= 0.3 is 0 Å². The molecule has 1 aromatic heterocycles. The Morgan fingerprint density at radius 2 is 1.54 bits per heavy atom. The van der Waals surface area contributed by atoms with Gasteiger partial charge in [-0.15, -0.1) is 0 Å². The number of hydrogen-bond donors (Lipinski definition) is 1. The molecule has 0 aliphatic heterocycles. The Kier molecular flexibility index (Phi) is 1.08. The summed E-state index contributed by atoms with van der Waals surface area (Å²) >= 11 is 0. The first kappa shape index (κ1) is 6.66. The van der Waals surface area contributed by atoms with Crippen molar-refractivity contribution >= 4 is 5.78 Å². The van der Waals surface area contributed by atoms with Gasteiger partial charge in [0.15, 0.2) is 5.78 Å².